The lowest BCUT2D eigenvalue weighted by Gasteiger charge is -2.49. The van der Waals surface area contributed by atoms with E-state index in [1.807, 2.05) is 6.92 Å². The zero-order chi connectivity index (χ0) is 26.4. The fourth-order valence-corrected chi connectivity index (χ4v) is 6.35. The van der Waals surface area contributed by atoms with Gasteiger partial charge in [0.1, 0.15) is 35.0 Å². The van der Waals surface area contributed by atoms with E-state index in [0.29, 0.717) is 34.2 Å². The molecule has 0 radical (unpaired) electrons. The minimum absolute atomic E-state index is 0.0904. The van der Waals surface area contributed by atoms with Gasteiger partial charge in [0.25, 0.3) is 11.8 Å². The summed E-state index contributed by atoms with van der Waals surface area (Å²) in [5, 5.41) is 25.7. The van der Waals surface area contributed by atoms with Gasteiger partial charge >= 0.3 is 5.97 Å². The maximum Gasteiger partial charge on any atom is 0.352 e. The second-order valence-electron chi connectivity index (χ2n) is 7.41. The number of carboxylic acid groups (broad SMARTS) is 1. The number of carbonyl (C=O) groups excluding carboxylic acids is 3. The summed E-state index contributed by atoms with van der Waals surface area (Å²) >= 11 is 4.02. The van der Waals surface area contributed by atoms with Gasteiger partial charge in [0.05, 0.1) is 0 Å². The Bertz CT molecular complexity index is 1250. The second-order valence-corrected chi connectivity index (χ2v) is 10.6. The number of rotatable bonds is 12. The van der Waals surface area contributed by atoms with E-state index in [1.54, 1.807) is 5.51 Å². The number of nitrogens with zero attached hydrogens (tertiary/aromatic N) is 6. The predicted octanol–water partition coefficient (Wildman–Crippen LogP) is 0.558. The lowest BCUT2D eigenvalue weighted by molar-refractivity contribution is -0.150. The zero-order valence-electron chi connectivity index (χ0n) is 19.2. The summed E-state index contributed by atoms with van der Waals surface area (Å²) in [5.41, 5.74) is 1.78. The molecule has 37 heavy (non-hydrogen) atoms. The van der Waals surface area contributed by atoms with Crippen molar-refractivity contribution in [3.05, 3.63) is 34.9 Å². The number of aromatic nitrogens is 4. The number of carbonyl (C=O) groups is 4. The zero-order valence-corrected chi connectivity index (χ0v) is 21.6. The largest absolute Gasteiger partial charge is 0.477 e. The van der Waals surface area contributed by atoms with Gasteiger partial charge in [-0.25, -0.2) is 14.8 Å². The summed E-state index contributed by atoms with van der Waals surface area (Å²) in [6.07, 6.45) is 2.38. The predicted molar refractivity (Wildman–Crippen MR) is 135 cm³/mol. The number of aliphatic carboxylic acids is 1. The summed E-state index contributed by atoms with van der Waals surface area (Å²) < 4.78 is 0.691. The molecule has 0 aliphatic carbocycles. The fraction of sp³-hybridized carbons (Fsp3) is 0.350. The number of hydrogen-bond acceptors (Lipinski definition) is 13. The Kier molecular flexibility index (Phi) is 8.67. The van der Waals surface area contributed by atoms with Crippen LogP contribution in [-0.2, 0) is 24.0 Å². The van der Waals surface area contributed by atoms with Gasteiger partial charge in [-0.15, -0.1) is 22.0 Å². The number of carboxylic acids is 1. The molecule has 0 saturated carbocycles. The maximum atomic E-state index is 13.1. The molecule has 2 atom stereocenters. The van der Waals surface area contributed by atoms with E-state index in [1.165, 1.54) is 52.0 Å². The average molecular weight is 565 g/mol. The topological polar surface area (TPSA) is 189 Å². The first-order chi connectivity index (χ1) is 17.9. The molecule has 0 bridgehead atoms. The van der Waals surface area contributed by atoms with Crippen molar-refractivity contribution in [2.24, 2.45) is 5.16 Å². The van der Waals surface area contributed by atoms with E-state index in [4.69, 9.17) is 4.84 Å². The molecular weight excluding hydrogens is 544 g/mol. The third-order valence-electron chi connectivity index (χ3n) is 4.99. The minimum atomic E-state index is -1.22. The number of fused-ring (bicyclic) bond motifs is 1. The molecule has 17 heteroatoms. The highest BCUT2D eigenvalue weighted by molar-refractivity contribution is 8.01. The van der Waals surface area contributed by atoms with Crippen molar-refractivity contribution >= 4 is 70.6 Å². The Morgan fingerprint density at radius 3 is 2.97 bits per heavy atom. The summed E-state index contributed by atoms with van der Waals surface area (Å²) in [5.74, 6) is -1.85. The molecule has 3 N–H and O–H groups in total. The van der Waals surface area contributed by atoms with E-state index in [9.17, 15) is 24.3 Å². The monoisotopic (exact) mass is 564 g/mol. The number of amides is 3. The van der Waals surface area contributed by atoms with Gasteiger partial charge in [-0.05, 0) is 18.1 Å². The van der Waals surface area contributed by atoms with Gasteiger partial charge in [0.15, 0.2) is 10.2 Å². The van der Waals surface area contributed by atoms with Gasteiger partial charge in [-0.2, -0.15) is 0 Å². The number of thioether (sulfide) groups is 2. The Morgan fingerprint density at radius 2 is 2.27 bits per heavy atom. The van der Waals surface area contributed by atoms with Crippen molar-refractivity contribution in [2.75, 3.05) is 23.4 Å². The van der Waals surface area contributed by atoms with Crippen molar-refractivity contribution in [1.82, 2.24) is 30.4 Å². The van der Waals surface area contributed by atoms with Crippen LogP contribution in [0.5, 0.6) is 0 Å². The van der Waals surface area contributed by atoms with Crippen LogP contribution in [0.3, 0.4) is 0 Å². The van der Waals surface area contributed by atoms with Crippen LogP contribution in [0.2, 0.25) is 0 Å². The van der Waals surface area contributed by atoms with Crippen LogP contribution in [0.15, 0.2) is 38.5 Å². The number of hydrogen-bond donors (Lipinski definition) is 3. The Hall–Kier alpha value is -3.57. The summed E-state index contributed by atoms with van der Waals surface area (Å²) in [6.45, 7) is 2.08. The SMILES string of the molecule is CCCON=C(C(=O)NC1C(=O)N2C(C(=O)O)=C(CSc3nncs3)CS[C@@H]12)c1nccc(NC=O)n1. The van der Waals surface area contributed by atoms with Crippen LogP contribution in [0.1, 0.15) is 19.2 Å². The average Bonchev–Trinajstić information content (AvgIpc) is 3.42. The standard InChI is InChI=1S/C20H20N8O6S3/c1-2-5-34-27-12(15-21-4-3-11(24-15)22-8-29)16(30)25-13-17(31)28-14(19(32)33)10(6-35-18(13)28)7-36-20-26-23-9-37-20/h3-4,8-9,13,18H,2,5-7H2,1H3,(H,25,30)(H,32,33)(H,21,22,24,29)/t13?,18-/m0/s1. The first-order valence-corrected chi connectivity index (χ1v) is 13.7. The van der Waals surface area contributed by atoms with Crippen LogP contribution in [0, 0.1) is 0 Å². The van der Waals surface area contributed by atoms with E-state index in [-0.39, 0.29) is 29.7 Å². The number of anilines is 1. The first kappa shape index (κ1) is 26.5. The molecule has 1 fully saturated rings. The van der Waals surface area contributed by atoms with Gasteiger partial charge < -0.3 is 20.6 Å². The molecule has 4 heterocycles. The summed E-state index contributed by atoms with van der Waals surface area (Å²) in [4.78, 5) is 63.4. The molecule has 2 aliphatic rings. The van der Waals surface area contributed by atoms with E-state index < -0.39 is 29.2 Å². The van der Waals surface area contributed by atoms with E-state index in [2.05, 4.69) is 36.0 Å². The van der Waals surface area contributed by atoms with Gasteiger partial charge in [0, 0.05) is 17.7 Å². The summed E-state index contributed by atoms with van der Waals surface area (Å²) in [7, 11) is 0. The molecule has 2 aliphatic heterocycles. The first-order valence-electron chi connectivity index (χ1n) is 10.8. The molecule has 0 spiro atoms. The number of oxime groups is 1. The smallest absolute Gasteiger partial charge is 0.352 e. The molecule has 3 amide bonds. The molecule has 194 valence electrons. The molecule has 1 unspecified atom stereocenters. The molecular formula is C20H20N8O6S3. The lowest BCUT2D eigenvalue weighted by Crippen LogP contribution is -2.71. The molecule has 1 saturated heterocycles. The van der Waals surface area contributed by atoms with Crippen LogP contribution in [-0.4, -0.2) is 89.6 Å². The highest BCUT2D eigenvalue weighted by atomic mass is 32.2. The Morgan fingerprint density at radius 1 is 1.43 bits per heavy atom. The van der Waals surface area contributed by atoms with Gasteiger partial charge in [0.2, 0.25) is 12.1 Å². The van der Waals surface area contributed by atoms with E-state index >= 15 is 0 Å². The fourth-order valence-electron chi connectivity index (χ4n) is 3.38. The Labute approximate surface area is 222 Å². The van der Waals surface area contributed by atoms with Crippen molar-refractivity contribution in [2.45, 2.75) is 29.1 Å². The number of β-lactam (4-membered cyclic amide) rings is 1. The molecule has 0 aromatic carbocycles. The van der Waals surface area contributed by atoms with Crippen LogP contribution < -0.4 is 10.6 Å². The summed E-state index contributed by atoms with van der Waals surface area (Å²) in [6, 6.07) is 0.435. The normalized spacial score (nSPS) is 19.1. The van der Waals surface area contributed by atoms with Crippen LogP contribution in [0.25, 0.3) is 0 Å². The van der Waals surface area contributed by atoms with Crippen molar-refractivity contribution < 1.29 is 29.1 Å². The molecule has 4 rings (SSSR count). The number of nitrogens with one attached hydrogen (secondary N) is 2. The second kappa shape index (κ2) is 12.1. The highest BCUT2D eigenvalue weighted by Crippen LogP contribution is 2.41. The molecule has 2 aromatic rings. The maximum absolute atomic E-state index is 13.1. The van der Waals surface area contributed by atoms with Crippen molar-refractivity contribution in [3.63, 3.8) is 0 Å². The van der Waals surface area contributed by atoms with Crippen molar-refractivity contribution in [1.29, 1.82) is 0 Å². The van der Waals surface area contributed by atoms with Crippen LogP contribution >= 0.6 is 34.9 Å². The highest BCUT2D eigenvalue weighted by Gasteiger charge is 2.54. The van der Waals surface area contributed by atoms with Gasteiger partial charge in [-0.1, -0.05) is 35.2 Å². The van der Waals surface area contributed by atoms with Crippen LogP contribution in [0.4, 0.5) is 5.82 Å². The third-order valence-corrected chi connectivity index (χ3v) is 8.27. The van der Waals surface area contributed by atoms with Crippen molar-refractivity contribution in [3.8, 4) is 0 Å². The van der Waals surface area contributed by atoms with E-state index in [0.717, 1.165) is 0 Å². The quantitative estimate of drug-likeness (QED) is 0.0812. The lowest BCUT2D eigenvalue weighted by atomic mass is 10.0. The molecule has 14 nitrogen and oxygen atoms in total. The van der Waals surface area contributed by atoms with Gasteiger partial charge in [-0.3, -0.25) is 19.3 Å². The Balaban J connectivity index is 1.51. The molecule has 2 aromatic heterocycles. The third kappa shape index (κ3) is 5.89. The minimum Gasteiger partial charge on any atom is -0.477 e.